The fourth-order valence-corrected chi connectivity index (χ4v) is 5.34. The summed E-state index contributed by atoms with van der Waals surface area (Å²) in [6.45, 7) is 2.35. The molecule has 0 spiro atoms. The van der Waals surface area contributed by atoms with Gasteiger partial charge in [0.25, 0.3) is 0 Å². The number of hydrogen-bond donors (Lipinski definition) is 2. The van der Waals surface area contributed by atoms with Crippen LogP contribution in [-0.2, 0) is 12.0 Å². The van der Waals surface area contributed by atoms with Gasteiger partial charge in [-0.1, -0.05) is 103 Å². The first-order chi connectivity index (χ1) is 16.1. The molecular weight excluding hydrogens is 406 g/mol. The van der Waals surface area contributed by atoms with Gasteiger partial charge in [0.15, 0.2) is 0 Å². The molecule has 0 saturated carbocycles. The van der Waals surface area contributed by atoms with Crippen LogP contribution in [0.5, 0.6) is 0 Å². The van der Waals surface area contributed by atoms with E-state index < -0.39 is 11.7 Å². The van der Waals surface area contributed by atoms with Crippen molar-refractivity contribution >= 4 is 10.8 Å². The Morgan fingerprint density at radius 1 is 0.818 bits per heavy atom. The number of aliphatic hydroxyl groups is 2. The van der Waals surface area contributed by atoms with Gasteiger partial charge in [-0.05, 0) is 40.3 Å². The third kappa shape index (κ3) is 4.45. The molecule has 0 aromatic heterocycles. The normalized spacial score (nSPS) is 22.3. The summed E-state index contributed by atoms with van der Waals surface area (Å²) in [6.07, 6.45) is 0.779. The number of aliphatic hydroxyl groups excluding tert-OH is 1. The number of nitrogens with zero attached hydrogens (tertiary/aromatic N) is 1. The standard InChI is InChI=1S/C30H31NO2/c32-29(27-17-9-13-24-12-7-8-16-26(24)27)28-22-31(20-18-23-10-3-1-4-11-23)21-19-30(28,33)25-14-5-2-6-15-25/h1-17,28-29,32-33H,18-22H2/t28-,29-,30+/m0/s1. The first kappa shape index (κ1) is 21.8. The summed E-state index contributed by atoms with van der Waals surface area (Å²) < 4.78 is 0. The van der Waals surface area contributed by atoms with Crippen molar-refractivity contribution in [3.8, 4) is 0 Å². The molecule has 1 aliphatic heterocycles. The van der Waals surface area contributed by atoms with Crippen molar-refractivity contribution in [1.82, 2.24) is 4.90 Å². The van der Waals surface area contributed by atoms with Crippen molar-refractivity contribution in [2.75, 3.05) is 19.6 Å². The van der Waals surface area contributed by atoms with Crippen molar-refractivity contribution in [2.45, 2.75) is 24.5 Å². The lowest BCUT2D eigenvalue weighted by atomic mass is 9.71. The van der Waals surface area contributed by atoms with Gasteiger partial charge < -0.3 is 15.1 Å². The molecule has 168 valence electrons. The molecule has 0 unspecified atom stereocenters. The van der Waals surface area contributed by atoms with E-state index in [1.54, 1.807) is 0 Å². The van der Waals surface area contributed by atoms with Gasteiger partial charge in [-0.3, -0.25) is 0 Å². The zero-order valence-corrected chi connectivity index (χ0v) is 18.8. The minimum absolute atomic E-state index is 0.338. The SMILES string of the molecule is O[C@@H](c1cccc2ccccc12)[C@@H]1CN(CCc2ccccc2)CC[C@@]1(O)c1ccccc1. The Balaban J connectivity index is 1.47. The molecule has 4 aromatic carbocycles. The maximum Gasteiger partial charge on any atom is 0.0977 e. The van der Waals surface area contributed by atoms with E-state index in [1.807, 2.05) is 60.7 Å². The van der Waals surface area contributed by atoms with Crippen LogP contribution in [0.4, 0.5) is 0 Å². The van der Waals surface area contributed by atoms with Crippen LogP contribution in [0.2, 0.25) is 0 Å². The lowest BCUT2D eigenvalue weighted by Crippen LogP contribution is -2.52. The molecular formula is C30H31NO2. The van der Waals surface area contributed by atoms with Crippen LogP contribution in [0.25, 0.3) is 10.8 Å². The Morgan fingerprint density at radius 2 is 1.48 bits per heavy atom. The fraction of sp³-hybridized carbons (Fsp3) is 0.267. The van der Waals surface area contributed by atoms with Gasteiger partial charge >= 0.3 is 0 Å². The number of rotatable bonds is 6. The molecule has 3 atom stereocenters. The first-order valence-corrected chi connectivity index (χ1v) is 11.8. The fourth-order valence-electron chi connectivity index (χ4n) is 5.34. The second kappa shape index (κ2) is 9.48. The monoisotopic (exact) mass is 437 g/mol. The number of likely N-dealkylation sites (tertiary alicyclic amines) is 1. The van der Waals surface area contributed by atoms with Gasteiger partial charge in [-0.25, -0.2) is 0 Å². The molecule has 3 nitrogen and oxygen atoms in total. The topological polar surface area (TPSA) is 43.7 Å². The molecule has 33 heavy (non-hydrogen) atoms. The summed E-state index contributed by atoms with van der Waals surface area (Å²) in [5.41, 5.74) is 2.00. The number of benzene rings is 4. The largest absolute Gasteiger partial charge is 0.388 e. The first-order valence-electron chi connectivity index (χ1n) is 11.8. The van der Waals surface area contributed by atoms with Crippen molar-refractivity contribution in [1.29, 1.82) is 0 Å². The minimum atomic E-state index is -1.08. The van der Waals surface area contributed by atoms with Crippen molar-refractivity contribution in [3.63, 3.8) is 0 Å². The smallest absolute Gasteiger partial charge is 0.0977 e. The molecule has 1 aliphatic rings. The van der Waals surface area contributed by atoms with Gasteiger partial charge in [-0.15, -0.1) is 0 Å². The third-order valence-electron chi connectivity index (χ3n) is 7.23. The van der Waals surface area contributed by atoms with Gasteiger partial charge in [0, 0.05) is 25.6 Å². The summed E-state index contributed by atoms with van der Waals surface area (Å²) in [5.74, 6) is -0.338. The highest BCUT2D eigenvalue weighted by atomic mass is 16.3. The van der Waals surface area contributed by atoms with E-state index in [-0.39, 0.29) is 5.92 Å². The average molecular weight is 438 g/mol. The molecule has 1 fully saturated rings. The van der Waals surface area contributed by atoms with Crippen LogP contribution in [0.1, 0.15) is 29.2 Å². The summed E-state index contributed by atoms with van der Waals surface area (Å²) in [6, 6.07) is 34.6. The highest BCUT2D eigenvalue weighted by molar-refractivity contribution is 5.86. The van der Waals surface area contributed by atoms with Gasteiger partial charge in [-0.2, -0.15) is 0 Å². The van der Waals surface area contributed by atoms with Gasteiger partial charge in [0.1, 0.15) is 0 Å². The summed E-state index contributed by atoms with van der Waals surface area (Å²) in [4.78, 5) is 2.39. The Hall–Kier alpha value is -2.98. The second-order valence-electron chi connectivity index (χ2n) is 9.20. The molecule has 5 rings (SSSR count). The van der Waals surface area contributed by atoms with E-state index >= 15 is 0 Å². The maximum absolute atomic E-state index is 12.0. The van der Waals surface area contributed by atoms with E-state index in [1.165, 1.54) is 5.56 Å². The maximum atomic E-state index is 12.0. The highest BCUT2D eigenvalue weighted by Gasteiger charge is 2.46. The number of fused-ring (bicyclic) bond motifs is 1. The van der Waals surface area contributed by atoms with Crippen LogP contribution in [0, 0.1) is 5.92 Å². The minimum Gasteiger partial charge on any atom is -0.388 e. The number of hydrogen-bond acceptors (Lipinski definition) is 3. The molecule has 1 heterocycles. The van der Waals surface area contributed by atoms with Gasteiger partial charge in [0.2, 0.25) is 0 Å². The lowest BCUT2D eigenvalue weighted by Gasteiger charge is -2.47. The zero-order valence-electron chi connectivity index (χ0n) is 18.8. The van der Waals surface area contributed by atoms with Crippen molar-refractivity contribution in [2.24, 2.45) is 5.92 Å². The molecule has 4 aromatic rings. The van der Waals surface area contributed by atoms with E-state index in [9.17, 15) is 10.2 Å². The molecule has 2 N–H and O–H groups in total. The summed E-state index contributed by atoms with van der Waals surface area (Å²) in [7, 11) is 0. The molecule has 0 bridgehead atoms. The van der Waals surface area contributed by atoms with Crippen LogP contribution >= 0.6 is 0 Å². The molecule has 1 saturated heterocycles. The molecule has 3 heteroatoms. The Bertz CT molecular complexity index is 1190. The predicted molar refractivity (Wildman–Crippen MR) is 134 cm³/mol. The van der Waals surface area contributed by atoms with Crippen LogP contribution in [-0.4, -0.2) is 34.7 Å². The summed E-state index contributed by atoms with van der Waals surface area (Å²) >= 11 is 0. The average Bonchev–Trinajstić information content (AvgIpc) is 2.88. The predicted octanol–water partition coefficient (Wildman–Crippen LogP) is 5.33. The van der Waals surface area contributed by atoms with Gasteiger partial charge in [0.05, 0.1) is 11.7 Å². The Morgan fingerprint density at radius 3 is 2.27 bits per heavy atom. The van der Waals surface area contributed by atoms with Crippen molar-refractivity contribution in [3.05, 3.63) is 120 Å². The lowest BCUT2D eigenvalue weighted by molar-refractivity contribution is -0.122. The Kier molecular flexibility index (Phi) is 6.28. The van der Waals surface area contributed by atoms with Crippen molar-refractivity contribution < 1.29 is 10.2 Å². The zero-order chi connectivity index (χ0) is 22.7. The van der Waals surface area contributed by atoms with E-state index in [0.29, 0.717) is 13.0 Å². The van der Waals surface area contributed by atoms with E-state index in [0.717, 1.165) is 41.4 Å². The second-order valence-corrected chi connectivity index (χ2v) is 9.20. The number of piperidine rings is 1. The Labute approximate surface area is 195 Å². The van der Waals surface area contributed by atoms with Crippen LogP contribution in [0.15, 0.2) is 103 Å². The third-order valence-corrected chi connectivity index (χ3v) is 7.23. The van der Waals surface area contributed by atoms with Crippen LogP contribution in [0.3, 0.4) is 0 Å². The van der Waals surface area contributed by atoms with Crippen LogP contribution < -0.4 is 0 Å². The quantitative estimate of drug-likeness (QED) is 0.429. The van der Waals surface area contributed by atoms with E-state index in [4.69, 9.17) is 0 Å². The molecule has 0 aliphatic carbocycles. The van der Waals surface area contributed by atoms with E-state index in [2.05, 4.69) is 47.4 Å². The molecule has 0 amide bonds. The summed E-state index contributed by atoms with van der Waals surface area (Å²) in [5, 5.41) is 25.9. The molecule has 0 radical (unpaired) electrons. The highest BCUT2D eigenvalue weighted by Crippen LogP contribution is 2.44.